The normalized spacial score (nSPS) is 13.9. The van der Waals surface area contributed by atoms with Crippen LogP contribution in [0.5, 0.6) is 0 Å². The number of amides is 1. The highest BCUT2D eigenvalue weighted by molar-refractivity contribution is 5.94. The quantitative estimate of drug-likeness (QED) is 0.540. The fourth-order valence-electron chi connectivity index (χ4n) is 4.03. The molecule has 0 saturated carbocycles. The Bertz CT molecular complexity index is 1090. The summed E-state index contributed by atoms with van der Waals surface area (Å²) >= 11 is 0. The number of rotatable bonds is 5. The average Bonchev–Trinajstić information content (AvgIpc) is 3.08. The summed E-state index contributed by atoms with van der Waals surface area (Å²) in [5.41, 5.74) is 4.85. The molecule has 4 rings (SSSR count). The van der Waals surface area contributed by atoms with E-state index in [1.54, 1.807) is 0 Å². The number of carbonyl (C=O) groups is 1. The van der Waals surface area contributed by atoms with Gasteiger partial charge in [0, 0.05) is 51.0 Å². The number of aryl methyl sites for hydroxylation is 1. The van der Waals surface area contributed by atoms with E-state index >= 15 is 0 Å². The average molecular weight is 486 g/mol. The van der Waals surface area contributed by atoms with Gasteiger partial charge in [-0.1, -0.05) is 29.8 Å². The van der Waals surface area contributed by atoms with Gasteiger partial charge >= 0.3 is 0 Å². The Morgan fingerprint density at radius 1 is 1.03 bits per heavy atom. The fraction of sp³-hybridized carbons (Fsp3) is 0.320. The number of nitriles is 1. The van der Waals surface area contributed by atoms with E-state index < -0.39 is 0 Å². The lowest BCUT2D eigenvalue weighted by atomic mass is 10.1. The first-order valence-electron chi connectivity index (χ1n) is 10.7. The van der Waals surface area contributed by atoms with Crippen molar-refractivity contribution in [3.63, 3.8) is 0 Å². The van der Waals surface area contributed by atoms with E-state index in [-0.39, 0.29) is 30.7 Å². The van der Waals surface area contributed by atoms with Crippen LogP contribution in [0.1, 0.15) is 39.2 Å². The van der Waals surface area contributed by atoms with Crippen LogP contribution in [0.2, 0.25) is 0 Å². The zero-order valence-corrected chi connectivity index (χ0v) is 20.3. The fourth-order valence-corrected chi connectivity index (χ4v) is 4.03. The number of aromatic nitrogens is 2. The van der Waals surface area contributed by atoms with Crippen molar-refractivity contribution in [3.05, 3.63) is 89.0 Å². The van der Waals surface area contributed by atoms with Crippen LogP contribution in [0.4, 0.5) is 0 Å². The highest BCUT2D eigenvalue weighted by Gasteiger charge is 2.21. The van der Waals surface area contributed by atoms with Crippen molar-refractivity contribution in [2.24, 2.45) is 0 Å². The minimum Gasteiger partial charge on any atom is -0.337 e. The van der Waals surface area contributed by atoms with E-state index in [1.165, 1.54) is 0 Å². The lowest BCUT2D eigenvalue weighted by molar-refractivity contribution is 0.0761. The minimum absolute atomic E-state index is 0. The molecule has 2 heterocycles. The first-order valence-corrected chi connectivity index (χ1v) is 10.7. The monoisotopic (exact) mass is 485 g/mol. The molecule has 1 aliphatic heterocycles. The largest absolute Gasteiger partial charge is 0.337 e. The Kier molecular flexibility index (Phi) is 9.93. The van der Waals surface area contributed by atoms with E-state index in [0.717, 1.165) is 68.1 Å². The van der Waals surface area contributed by atoms with Crippen molar-refractivity contribution in [2.45, 2.75) is 26.4 Å². The van der Waals surface area contributed by atoms with Gasteiger partial charge in [0.25, 0.3) is 5.91 Å². The van der Waals surface area contributed by atoms with Crippen LogP contribution in [-0.4, -0.2) is 51.4 Å². The van der Waals surface area contributed by atoms with Crippen LogP contribution < -0.4 is 0 Å². The van der Waals surface area contributed by atoms with Gasteiger partial charge in [0.15, 0.2) is 0 Å². The second-order valence-corrected chi connectivity index (χ2v) is 8.11. The summed E-state index contributed by atoms with van der Waals surface area (Å²) in [5.74, 6) is 0.122. The second kappa shape index (κ2) is 12.4. The molecule has 0 N–H and O–H groups in total. The Balaban J connectivity index is 0.00000193. The number of halogens is 2. The van der Waals surface area contributed by atoms with Gasteiger partial charge in [-0.05, 0) is 43.2 Å². The molecule has 6 nitrogen and oxygen atoms in total. The second-order valence-electron chi connectivity index (χ2n) is 8.11. The van der Waals surface area contributed by atoms with Crippen LogP contribution in [0.25, 0.3) is 0 Å². The summed E-state index contributed by atoms with van der Waals surface area (Å²) in [6.45, 7) is 6.88. The van der Waals surface area contributed by atoms with E-state index in [0.29, 0.717) is 5.56 Å². The van der Waals surface area contributed by atoms with Crippen molar-refractivity contribution in [1.29, 1.82) is 5.26 Å². The minimum atomic E-state index is 0. The summed E-state index contributed by atoms with van der Waals surface area (Å²) in [7, 11) is 0. The summed E-state index contributed by atoms with van der Waals surface area (Å²) in [6.07, 6.45) is 4.74. The zero-order valence-electron chi connectivity index (χ0n) is 18.7. The van der Waals surface area contributed by atoms with Crippen LogP contribution in [0.15, 0.2) is 61.1 Å². The molecule has 1 aliphatic rings. The van der Waals surface area contributed by atoms with E-state index in [9.17, 15) is 4.79 Å². The molecule has 0 unspecified atom stereocenters. The molecule has 174 valence electrons. The van der Waals surface area contributed by atoms with Crippen LogP contribution in [0.3, 0.4) is 0 Å². The maximum Gasteiger partial charge on any atom is 0.253 e. The van der Waals surface area contributed by atoms with Gasteiger partial charge in [-0.15, -0.1) is 24.8 Å². The molecule has 1 aromatic heterocycles. The van der Waals surface area contributed by atoms with Crippen molar-refractivity contribution < 1.29 is 4.79 Å². The molecule has 3 aromatic rings. The molecule has 2 aromatic carbocycles. The Labute approximate surface area is 207 Å². The number of hydrogen-bond donors (Lipinski definition) is 0. The third-order valence-electron chi connectivity index (χ3n) is 5.76. The number of hydrogen-bond acceptors (Lipinski definition) is 4. The number of carbonyl (C=O) groups excluding carboxylic acids is 1. The number of imidazole rings is 1. The third-order valence-corrected chi connectivity index (χ3v) is 5.76. The van der Waals surface area contributed by atoms with Crippen LogP contribution >= 0.6 is 24.8 Å². The van der Waals surface area contributed by atoms with Gasteiger partial charge in [0.1, 0.15) is 0 Å². The lowest BCUT2D eigenvalue weighted by Gasteiger charge is -2.22. The third kappa shape index (κ3) is 6.82. The van der Waals surface area contributed by atoms with Gasteiger partial charge in [-0.25, -0.2) is 4.98 Å². The first-order chi connectivity index (χ1) is 15.1. The number of benzene rings is 2. The van der Waals surface area contributed by atoms with Crippen molar-refractivity contribution in [3.8, 4) is 6.07 Å². The van der Waals surface area contributed by atoms with Gasteiger partial charge in [0.05, 0.1) is 23.7 Å². The molecule has 1 fully saturated rings. The van der Waals surface area contributed by atoms with Crippen molar-refractivity contribution >= 4 is 30.7 Å². The van der Waals surface area contributed by atoms with Gasteiger partial charge in [-0.2, -0.15) is 5.26 Å². The predicted octanol–water partition coefficient (Wildman–Crippen LogP) is 4.30. The lowest BCUT2D eigenvalue weighted by Crippen LogP contribution is -2.35. The highest BCUT2D eigenvalue weighted by Crippen LogP contribution is 2.14. The molecule has 1 amide bonds. The Morgan fingerprint density at radius 2 is 1.82 bits per heavy atom. The highest BCUT2D eigenvalue weighted by atomic mass is 35.5. The molecule has 1 saturated heterocycles. The summed E-state index contributed by atoms with van der Waals surface area (Å²) in [4.78, 5) is 21.6. The topological polar surface area (TPSA) is 65.2 Å². The SMILES string of the molecule is Cc1cccc(C(=O)N2CCCN(Cc3cncn3Cc3ccc(C#N)cc3)CC2)c1.Cl.Cl. The van der Waals surface area contributed by atoms with Gasteiger partial charge in [0.2, 0.25) is 0 Å². The van der Waals surface area contributed by atoms with Crippen LogP contribution in [-0.2, 0) is 13.1 Å². The molecule has 0 aliphatic carbocycles. The molecule has 8 heteroatoms. The molecule has 0 atom stereocenters. The molecule has 0 bridgehead atoms. The molecule has 0 spiro atoms. The Hall–Kier alpha value is -2.85. The van der Waals surface area contributed by atoms with Gasteiger partial charge in [-0.3, -0.25) is 9.69 Å². The molecule has 0 radical (unpaired) electrons. The van der Waals surface area contributed by atoms with Crippen molar-refractivity contribution in [1.82, 2.24) is 19.4 Å². The zero-order chi connectivity index (χ0) is 21.6. The van der Waals surface area contributed by atoms with E-state index in [2.05, 4.69) is 20.5 Å². The summed E-state index contributed by atoms with van der Waals surface area (Å²) in [5, 5.41) is 8.97. The first kappa shape index (κ1) is 26.4. The smallest absolute Gasteiger partial charge is 0.253 e. The molecular weight excluding hydrogens is 457 g/mol. The predicted molar refractivity (Wildman–Crippen MR) is 134 cm³/mol. The Morgan fingerprint density at radius 3 is 2.55 bits per heavy atom. The molecule has 33 heavy (non-hydrogen) atoms. The maximum absolute atomic E-state index is 12.9. The number of nitrogens with zero attached hydrogens (tertiary/aromatic N) is 5. The van der Waals surface area contributed by atoms with Gasteiger partial charge < -0.3 is 9.47 Å². The maximum atomic E-state index is 12.9. The van der Waals surface area contributed by atoms with E-state index in [1.807, 2.05) is 72.9 Å². The van der Waals surface area contributed by atoms with E-state index in [4.69, 9.17) is 5.26 Å². The molecular formula is C25H29Cl2N5O. The van der Waals surface area contributed by atoms with Crippen LogP contribution in [0, 0.1) is 18.3 Å². The van der Waals surface area contributed by atoms with Crippen molar-refractivity contribution in [2.75, 3.05) is 26.2 Å². The summed E-state index contributed by atoms with van der Waals surface area (Å²) in [6, 6.07) is 17.7. The summed E-state index contributed by atoms with van der Waals surface area (Å²) < 4.78 is 2.15. The standard InChI is InChI=1S/C25H27N5O.2ClH/c1-20-4-2-5-23(14-20)25(31)29-11-3-10-28(12-13-29)18-24-16-27-19-30(24)17-22-8-6-21(15-26)7-9-22;;/h2,4-9,14,16,19H,3,10-13,17-18H2,1H3;2*1H.